The van der Waals surface area contributed by atoms with Crippen LogP contribution in [0.1, 0.15) is 18.7 Å². The van der Waals surface area contributed by atoms with Crippen molar-refractivity contribution in [3.63, 3.8) is 0 Å². The van der Waals surface area contributed by atoms with Crippen molar-refractivity contribution in [2.24, 2.45) is 0 Å². The summed E-state index contributed by atoms with van der Waals surface area (Å²) in [6.45, 7) is 4.14. The van der Waals surface area contributed by atoms with Crippen molar-refractivity contribution < 1.29 is 9.53 Å². The summed E-state index contributed by atoms with van der Waals surface area (Å²) >= 11 is 10.7. The third kappa shape index (κ3) is 3.45. The molecule has 0 atom stereocenters. The second-order valence-corrected chi connectivity index (χ2v) is 6.40. The molecule has 1 N–H and O–H groups in total. The maximum Gasteiger partial charge on any atom is 0.325 e. The number of esters is 1. The molecule has 0 spiro atoms. The zero-order valence-electron chi connectivity index (χ0n) is 9.27. The molecule has 6 heteroatoms. The first-order chi connectivity index (χ1) is 7.36. The van der Waals surface area contributed by atoms with Gasteiger partial charge in [0, 0.05) is 15.9 Å². The Morgan fingerprint density at radius 1 is 1.69 bits per heavy atom. The molecule has 0 fully saturated rings. The maximum absolute atomic E-state index is 11.4. The number of carbonyl (C=O) groups is 1. The van der Waals surface area contributed by atoms with Crippen LogP contribution in [0.5, 0.6) is 0 Å². The van der Waals surface area contributed by atoms with Crippen molar-refractivity contribution in [2.45, 2.75) is 25.9 Å². The number of halogens is 2. The number of hydrogen-bond donors (Lipinski definition) is 1. The van der Waals surface area contributed by atoms with E-state index in [9.17, 15) is 4.79 Å². The molecule has 3 nitrogen and oxygen atoms in total. The second kappa shape index (κ2) is 5.49. The van der Waals surface area contributed by atoms with Gasteiger partial charge in [-0.15, -0.1) is 11.3 Å². The van der Waals surface area contributed by atoms with Gasteiger partial charge in [0.15, 0.2) is 0 Å². The summed E-state index contributed by atoms with van der Waals surface area (Å²) in [5.41, 5.74) is -0.697. The Balaban J connectivity index is 2.60. The minimum Gasteiger partial charge on any atom is -0.468 e. The molecule has 0 radical (unpaired) electrons. The van der Waals surface area contributed by atoms with Gasteiger partial charge in [-0.1, -0.05) is 11.6 Å². The zero-order chi connectivity index (χ0) is 12.3. The van der Waals surface area contributed by atoms with E-state index in [0.29, 0.717) is 10.9 Å². The van der Waals surface area contributed by atoms with Crippen LogP contribution in [-0.2, 0) is 16.1 Å². The lowest BCUT2D eigenvalue weighted by Gasteiger charge is -2.22. The summed E-state index contributed by atoms with van der Waals surface area (Å²) in [5.74, 6) is -0.283. The molecule has 0 aliphatic carbocycles. The first-order valence-corrected chi connectivity index (χ1v) is 6.62. The molecule has 1 aromatic heterocycles. The van der Waals surface area contributed by atoms with Gasteiger partial charge >= 0.3 is 5.97 Å². The van der Waals surface area contributed by atoms with Crippen molar-refractivity contribution in [1.29, 1.82) is 0 Å². The highest BCUT2D eigenvalue weighted by Crippen LogP contribution is 2.32. The minimum absolute atomic E-state index is 0.283. The maximum atomic E-state index is 11.4. The monoisotopic (exact) mass is 325 g/mol. The van der Waals surface area contributed by atoms with Gasteiger partial charge < -0.3 is 4.74 Å². The fourth-order valence-corrected chi connectivity index (χ4v) is 2.84. The van der Waals surface area contributed by atoms with E-state index in [-0.39, 0.29) is 5.97 Å². The predicted octanol–water partition coefficient (Wildman–Crippen LogP) is 3.21. The van der Waals surface area contributed by atoms with Crippen molar-refractivity contribution in [3.05, 3.63) is 19.8 Å². The molecule has 0 unspecified atom stereocenters. The van der Waals surface area contributed by atoms with Crippen LogP contribution < -0.4 is 5.32 Å². The number of nitrogens with one attached hydrogen (secondary N) is 1. The normalized spacial score (nSPS) is 11.6. The molecule has 0 aromatic carbocycles. The van der Waals surface area contributed by atoms with Crippen LogP contribution in [0, 0.1) is 0 Å². The topological polar surface area (TPSA) is 38.3 Å². The Labute approximate surface area is 112 Å². The van der Waals surface area contributed by atoms with Gasteiger partial charge in [-0.05, 0) is 35.8 Å². The Bertz CT molecular complexity index is 373. The SMILES string of the molecule is COC(=O)C(C)(C)NCc1cc(Br)c(Cl)s1. The van der Waals surface area contributed by atoms with Crippen molar-refractivity contribution >= 4 is 44.8 Å². The molecule has 90 valence electrons. The van der Waals surface area contributed by atoms with Crippen LogP contribution in [0.25, 0.3) is 0 Å². The second-order valence-electron chi connectivity index (χ2n) is 3.80. The van der Waals surface area contributed by atoms with Gasteiger partial charge in [-0.3, -0.25) is 10.1 Å². The summed E-state index contributed by atoms with van der Waals surface area (Å²) in [5, 5.41) is 3.12. The fraction of sp³-hybridized carbons (Fsp3) is 0.500. The quantitative estimate of drug-likeness (QED) is 0.864. The number of ether oxygens (including phenoxy) is 1. The molecule has 0 aliphatic heterocycles. The van der Waals surface area contributed by atoms with E-state index in [4.69, 9.17) is 16.3 Å². The van der Waals surface area contributed by atoms with Crippen molar-refractivity contribution in [2.75, 3.05) is 7.11 Å². The van der Waals surface area contributed by atoms with Gasteiger partial charge in [-0.25, -0.2) is 0 Å². The molecular formula is C10H13BrClNO2S. The number of carbonyl (C=O) groups excluding carboxylic acids is 1. The van der Waals surface area contributed by atoms with Crippen LogP contribution in [0.15, 0.2) is 10.5 Å². The molecule has 1 heterocycles. The van der Waals surface area contributed by atoms with E-state index in [1.165, 1.54) is 18.4 Å². The van der Waals surface area contributed by atoms with Gasteiger partial charge in [0.05, 0.1) is 7.11 Å². The standard InChI is InChI=1S/C10H13BrClNO2S/c1-10(2,9(14)15-3)13-5-6-4-7(11)8(12)16-6/h4,13H,5H2,1-3H3. The van der Waals surface area contributed by atoms with Crippen LogP contribution in [0.4, 0.5) is 0 Å². The average Bonchev–Trinajstić information content (AvgIpc) is 2.54. The zero-order valence-corrected chi connectivity index (χ0v) is 12.4. The molecule has 0 bridgehead atoms. The average molecular weight is 327 g/mol. The lowest BCUT2D eigenvalue weighted by atomic mass is 10.1. The number of rotatable bonds is 4. The van der Waals surface area contributed by atoms with E-state index < -0.39 is 5.54 Å². The largest absolute Gasteiger partial charge is 0.468 e. The van der Waals surface area contributed by atoms with Crippen molar-refractivity contribution in [3.8, 4) is 0 Å². The van der Waals surface area contributed by atoms with E-state index in [0.717, 1.165) is 9.35 Å². The number of methoxy groups -OCH3 is 1. The van der Waals surface area contributed by atoms with Gasteiger partial charge in [0.1, 0.15) is 9.88 Å². The lowest BCUT2D eigenvalue weighted by Crippen LogP contribution is -2.46. The van der Waals surface area contributed by atoms with Gasteiger partial charge in [-0.2, -0.15) is 0 Å². The summed E-state index contributed by atoms with van der Waals surface area (Å²) in [7, 11) is 1.38. The van der Waals surface area contributed by atoms with Gasteiger partial charge in [0.25, 0.3) is 0 Å². The predicted molar refractivity (Wildman–Crippen MR) is 70.0 cm³/mol. The van der Waals surface area contributed by atoms with Crippen LogP contribution >= 0.6 is 38.9 Å². The minimum atomic E-state index is -0.697. The highest BCUT2D eigenvalue weighted by atomic mass is 79.9. The Kier molecular flexibility index (Phi) is 4.79. The molecule has 0 saturated heterocycles. The van der Waals surface area contributed by atoms with Crippen molar-refractivity contribution in [1.82, 2.24) is 5.32 Å². The van der Waals surface area contributed by atoms with Gasteiger partial charge in [0.2, 0.25) is 0 Å². The number of thiophene rings is 1. The molecule has 1 aromatic rings. The molecular weight excluding hydrogens is 314 g/mol. The summed E-state index contributed by atoms with van der Waals surface area (Å²) in [6.07, 6.45) is 0. The van der Waals surface area contributed by atoms with Crippen LogP contribution in [0.2, 0.25) is 4.34 Å². The Hall–Kier alpha value is -0.100. The third-order valence-electron chi connectivity index (χ3n) is 2.10. The number of hydrogen-bond acceptors (Lipinski definition) is 4. The lowest BCUT2D eigenvalue weighted by molar-refractivity contribution is -0.147. The molecule has 0 aliphatic rings. The van der Waals surface area contributed by atoms with Crippen LogP contribution in [-0.4, -0.2) is 18.6 Å². The highest BCUT2D eigenvalue weighted by molar-refractivity contribution is 9.10. The smallest absolute Gasteiger partial charge is 0.325 e. The first kappa shape index (κ1) is 14.0. The van der Waals surface area contributed by atoms with E-state index in [1.54, 1.807) is 13.8 Å². The fourth-order valence-electron chi connectivity index (χ4n) is 1.11. The third-order valence-corrected chi connectivity index (χ3v) is 4.57. The summed E-state index contributed by atoms with van der Waals surface area (Å²) < 4.78 is 6.30. The molecule has 0 saturated carbocycles. The Morgan fingerprint density at radius 2 is 2.31 bits per heavy atom. The van der Waals surface area contributed by atoms with E-state index in [2.05, 4.69) is 21.2 Å². The highest BCUT2D eigenvalue weighted by Gasteiger charge is 2.27. The van der Waals surface area contributed by atoms with E-state index >= 15 is 0 Å². The van der Waals surface area contributed by atoms with Crippen LogP contribution in [0.3, 0.4) is 0 Å². The Morgan fingerprint density at radius 3 is 2.75 bits per heavy atom. The van der Waals surface area contributed by atoms with E-state index in [1.807, 2.05) is 6.07 Å². The molecule has 1 rings (SSSR count). The first-order valence-electron chi connectivity index (χ1n) is 4.64. The summed E-state index contributed by atoms with van der Waals surface area (Å²) in [6, 6.07) is 1.94. The summed E-state index contributed by atoms with van der Waals surface area (Å²) in [4.78, 5) is 12.5. The molecule has 16 heavy (non-hydrogen) atoms. The molecule has 0 amide bonds.